The van der Waals surface area contributed by atoms with Crippen LogP contribution in [-0.4, -0.2) is 5.78 Å². The van der Waals surface area contributed by atoms with E-state index >= 15 is 0 Å². The summed E-state index contributed by atoms with van der Waals surface area (Å²) in [6.45, 7) is 3.75. The van der Waals surface area contributed by atoms with Crippen molar-refractivity contribution in [1.29, 1.82) is 0 Å². The van der Waals surface area contributed by atoms with Crippen LogP contribution in [0.3, 0.4) is 0 Å². The second-order valence-corrected chi connectivity index (χ2v) is 3.25. The molecule has 0 unspecified atom stereocenters. The van der Waals surface area contributed by atoms with Gasteiger partial charge in [0.05, 0.1) is 0 Å². The van der Waals surface area contributed by atoms with Crippen molar-refractivity contribution in [1.82, 2.24) is 0 Å². The Labute approximate surface area is 74.2 Å². The quantitative estimate of drug-likeness (QED) is 0.625. The van der Waals surface area contributed by atoms with E-state index in [1.807, 2.05) is 0 Å². The molecule has 0 aliphatic heterocycles. The first-order chi connectivity index (χ1) is 5.70. The van der Waals surface area contributed by atoms with Gasteiger partial charge in [-0.1, -0.05) is 17.7 Å². The fraction of sp³-hybridized carbons (Fsp3) is 0.455. The van der Waals surface area contributed by atoms with Crippen molar-refractivity contribution in [2.75, 3.05) is 0 Å². The van der Waals surface area contributed by atoms with Crippen LogP contribution >= 0.6 is 0 Å². The number of hydrogen-bond donors (Lipinski definition) is 0. The highest BCUT2D eigenvalue weighted by molar-refractivity contribution is 5.75. The van der Waals surface area contributed by atoms with E-state index in [4.69, 9.17) is 0 Å². The van der Waals surface area contributed by atoms with Crippen molar-refractivity contribution in [3.63, 3.8) is 0 Å². The normalized spacial score (nSPS) is 16.8. The molecule has 0 bridgehead atoms. The van der Waals surface area contributed by atoms with E-state index in [0.29, 0.717) is 6.42 Å². The zero-order valence-electron chi connectivity index (χ0n) is 7.76. The molecule has 0 saturated heterocycles. The highest BCUT2D eigenvalue weighted by Gasteiger charge is 2.05. The Kier molecular flexibility index (Phi) is 3.27. The van der Waals surface area contributed by atoms with Crippen LogP contribution in [0.15, 0.2) is 23.3 Å². The van der Waals surface area contributed by atoms with Crippen LogP contribution in [-0.2, 0) is 4.79 Å². The maximum atomic E-state index is 10.7. The smallest absolute Gasteiger partial charge is 0.130 e. The van der Waals surface area contributed by atoms with Gasteiger partial charge in [0.2, 0.25) is 0 Å². The van der Waals surface area contributed by atoms with Crippen LogP contribution in [0.4, 0.5) is 0 Å². The van der Waals surface area contributed by atoms with E-state index in [9.17, 15) is 4.79 Å². The van der Waals surface area contributed by atoms with Crippen LogP contribution in [0.2, 0.25) is 0 Å². The topological polar surface area (TPSA) is 17.1 Å². The Morgan fingerprint density at radius 2 is 2.33 bits per heavy atom. The minimum Gasteiger partial charge on any atom is -0.300 e. The van der Waals surface area contributed by atoms with Gasteiger partial charge in [-0.3, -0.25) is 0 Å². The average Bonchev–Trinajstić information content (AvgIpc) is 2.03. The molecular formula is C11H15O. The van der Waals surface area contributed by atoms with E-state index in [1.54, 1.807) is 6.92 Å². The van der Waals surface area contributed by atoms with Crippen molar-refractivity contribution in [2.45, 2.75) is 33.1 Å². The molecule has 1 aliphatic rings. The molecule has 0 atom stereocenters. The van der Waals surface area contributed by atoms with E-state index in [0.717, 1.165) is 12.8 Å². The summed E-state index contributed by atoms with van der Waals surface area (Å²) in [7, 11) is 0. The Hall–Kier alpha value is -0.850. The first-order valence-corrected chi connectivity index (χ1v) is 4.39. The van der Waals surface area contributed by atoms with Crippen LogP contribution < -0.4 is 0 Å². The third kappa shape index (κ3) is 2.65. The lowest BCUT2D eigenvalue weighted by Gasteiger charge is -2.11. The Balaban J connectivity index is 2.46. The molecule has 0 saturated carbocycles. The molecule has 0 aromatic carbocycles. The molecule has 1 aliphatic carbocycles. The van der Waals surface area contributed by atoms with Crippen molar-refractivity contribution in [3.8, 4) is 0 Å². The van der Waals surface area contributed by atoms with Gasteiger partial charge in [0.25, 0.3) is 0 Å². The number of allylic oxidation sites excluding steroid dienone is 4. The highest BCUT2D eigenvalue weighted by atomic mass is 16.1. The molecule has 65 valence electrons. The van der Waals surface area contributed by atoms with Crippen molar-refractivity contribution in [3.05, 3.63) is 29.7 Å². The third-order valence-corrected chi connectivity index (χ3v) is 2.12. The lowest BCUT2D eigenvalue weighted by molar-refractivity contribution is -0.116. The molecule has 1 radical (unpaired) electrons. The summed E-state index contributed by atoms with van der Waals surface area (Å²) < 4.78 is 0. The zero-order chi connectivity index (χ0) is 8.97. The molecule has 1 rings (SSSR count). The van der Waals surface area contributed by atoms with Gasteiger partial charge in [0.1, 0.15) is 5.78 Å². The molecule has 0 spiro atoms. The lowest BCUT2D eigenvalue weighted by atomic mass is 9.95. The summed E-state index contributed by atoms with van der Waals surface area (Å²) in [5, 5.41) is 0. The van der Waals surface area contributed by atoms with Crippen molar-refractivity contribution in [2.24, 2.45) is 0 Å². The van der Waals surface area contributed by atoms with Gasteiger partial charge in [-0.05, 0) is 38.7 Å². The molecule has 0 N–H and O–H groups in total. The molecule has 1 heteroatoms. The molecular weight excluding hydrogens is 148 g/mol. The van der Waals surface area contributed by atoms with Gasteiger partial charge >= 0.3 is 0 Å². The second-order valence-electron chi connectivity index (χ2n) is 3.25. The fourth-order valence-corrected chi connectivity index (χ4v) is 1.33. The van der Waals surface area contributed by atoms with Crippen molar-refractivity contribution >= 4 is 5.78 Å². The highest BCUT2D eigenvalue weighted by Crippen LogP contribution is 2.21. The molecule has 0 aromatic rings. The molecule has 0 aromatic heterocycles. The number of Topliss-reactive ketones (excluding diaryl/α,β-unsaturated/α-hetero) is 1. The third-order valence-electron chi connectivity index (χ3n) is 2.12. The maximum Gasteiger partial charge on any atom is 0.130 e. The second kappa shape index (κ2) is 4.24. The van der Waals surface area contributed by atoms with Crippen LogP contribution in [0.25, 0.3) is 0 Å². The number of rotatable bonds is 3. The van der Waals surface area contributed by atoms with Gasteiger partial charge in [0.15, 0.2) is 0 Å². The first kappa shape index (κ1) is 9.24. The number of ketones is 1. The van der Waals surface area contributed by atoms with E-state index in [1.165, 1.54) is 11.1 Å². The first-order valence-electron chi connectivity index (χ1n) is 4.39. The predicted octanol–water partition coefficient (Wildman–Crippen LogP) is 2.84. The Morgan fingerprint density at radius 3 is 2.92 bits per heavy atom. The molecule has 1 nitrogen and oxygen atoms in total. The van der Waals surface area contributed by atoms with E-state index in [2.05, 4.69) is 25.5 Å². The molecule has 12 heavy (non-hydrogen) atoms. The Morgan fingerprint density at radius 1 is 1.58 bits per heavy atom. The number of hydrogen-bond acceptors (Lipinski definition) is 1. The van der Waals surface area contributed by atoms with Crippen LogP contribution in [0.1, 0.15) is 33.1 Å². The van der Waals surface area contributed by atoms with E-state index < -0.39 is 0 Å². The standard InChI is InChI=1S/C11H15O/c1-9-5-3-4-6-11(9)8-7-10(2)12/h3,5-6H,4,7-8H2,1-2H3. The number of carbonyl (C=O) groups excluding carboxylic acids is 1. The minimum absolute atomic E-state index is 0.276. The summed E-state index contributed by atoms with van der Waals surface area (Å²) >= 11 is 0. The van der Waals surface area contributed by atoms with Gasteiger partial charge in [-0.25, -0.2) is 0 Å². The number of carbonyl (C=O) groups is 1. The van der Waals surface area contributed by atoms with E-state index in [-0.39, 0.29) is 5.78 Å². The lowest BCUT2D eigenvalue weighted by Crippen LogP contribution is -1.96. The van der Waals surface area contributed by atoms with Crippen LogP contribution in [0.5, 0.6) is 0 Å². The van der Waals surface area contributed by atoms with Crippen LogP contribution in [0, 0.1) is 6.42 Å². The molecule has 0 fully saturated rings. The summed E-state index contributed by atoms with van der Waals surface area (Å²) in [5.41, 5.74) is 2.65. The zero-order valence-corrected chi connectivity index (χ0v) is 7.76. The SMILES string of the molecule is CC(=O)CCC1=CC[CH]C=C1C. The molecule has 0 heterocycles. The summed E-state index contributed by atoms with van der Waals surface area (Å²) in [6.07, 6.45) is 9.09. The summed E-state index contributed by atoms with van der Waals surface area (Å²) in [6, 6.07) is 0. The minimum atomic E-state index is 0.276. The monoisotopic (exact) mass is 163 g/mol. The molecule has 0 amide bonds. The Bertz CT molecular complexity index is 233. The van der Waals surface area contributed by atoms with Gasteiger partial charge in [-0.2, -0.15) is 0 Å². The van der Waals surface area contributed by atoms with Crippen molar-refractivity contribution < 1.29 is 4.79 Å². The van der Waals surface area contributed by atoms with Gasteiger partial charge in [-0.15, -0.1) is 0 Å². The van der Waals surface area contributed by atoms with Gasteiger partial charge < -0.3 is 4.79 Å². The fourth-order valence-electron chi connectivity index (χ4n) is 1.33. The maximum absolute atomic E-state index is 10.7. The largest absolute Gasteiger partial charge is 0.300 e. The summed E-state index contributed by atoms with van der Waals surface area (Å²) in [4.78, 5) is 10.7. The predicted molar refractivity (Wildman–Crippen MR) is 50.7 cm³/mol. The summed E-state index contributed by atoms with van der Waals surface area (Å²) in [5.74, 6) is 0.276. The van der Waals surface area contributed by atoms with Gasteiger partial charge in [0, 0.05) is 6.42 Å². The average molecular weight is 163 g/mol.